The molecule has 7 nitrogen and oxygen atoms in total. The standard InChI is InChI=1S/C23H24N2O5S/c1-16-3-7-18(8-4-16)22-13-21(24-30-22)23(26)25(19-11-12-31(27,28)15-19)14-17-5-9-20(29-2)10-6-17/h3-10,13,19H,11-12,14-15H2,1-2H3/t19-/m0/s1. The highest BCUT2D eigenvalue weighted by molar-refractivity contribution is 7.91. The van der Waals surface area contributed by atoms with Crippen molar-refractivity contribution in [2.24, 2.45) is 0 Å². The minimum absolute atomic E-state index is 0.0441. The molecule has 162 valence electrons. The number of sulfone groups is 1. The van der Waals surface area contributed by atoms with Gasteiger partial charge in [0.15, 0.2) is 21.3 Å². The molecule has 4 rings (SSSR count). The third kappa shape index (κ3) is 4.80. The lowest BCUT2D eigenvalue weighted by Crippen LogP contribution is -2.40. The molecule has 8 heteroatoms. The molecule has 0 radical (unpaired) electrons. The van der Waals surface area contributed by atoms with Gasteiger partial charge in [-0.1, -0.05) is 47.1 Å². The Balaban J connectivity index is 1.61. The van der Waals surface area contributed by atoms with Crippen LogP contribution in [0.5, 0.6) is 5.75 Å². The second-order valence-corrected chi connectivity index (χ2v) is 10.0. The van der Waals surface area contributed by atoms with Gasteiger partial charge < -0.3 is 14.2 Å². The Bertz CT molecular complexity index is 1170. The number of hydrogen-bond acceptors (Lipinski definition) is 6. The molecule has 1 amide bonds. The van der Waals surface area contributed by atoms with Crippen LogP contribution in [-0.4, -0.2) is 49.0 Å². The van der Waals surface area contributed by atoms with E-state index in [-0.39, 0.29) is 29.7 Å². The van der Waals surface area contributed by atoms with Crippen molar-refractivity contribution in [1.82, 2.24) is 10.1 Å². The quantitative estimate of drug-likeness (QED) is 0.583. The molecule has 1 atom stereocenters. The maximum Gasteiger partial charge on any atom is 0.276 e. The number of methoxy groups -OCH3 is 1. The molecule has 1 aliphatic heterocycles. The van der Waals surface area contributed by atoms with Gasteiger partial charge in [0, 0.05) is 24.2 Å². The maximum atomic E-state index is 13.4. The van der Waals surface area contributed by atoms with E-state index >= 15 is 0 Å². The zero-order valence-electron chi connectivity index (χ0n) is 17.4. The van der Waals surface area contributed by atoms with E-state index in [4.69, 9.17) is 9.26 Å². The molecular formula is C23H24N2O5S. The molecule has 2 heterocycles. The van der Waals surface area contributed by atoms with Crippen molar-refractivity contribution >= 4 is 15.7 Å². The first-order valence-corrected chi connectivity index (χ1v) is 11.8. The summed E-state index contributed by atoms with van der Waals surface area (Å²) in [5, 5.41) is 3.98. The lowest BCUT2D eigenvalue weighted by molar-refractivity contribution is 0.0670. The molecule has 0 bridgehead atoms. The molecule has 1 aromatic heterocycles. The van der Waals surface area contributed by atoms with Crippen LogP contribution in [0.3, 0.4) is 0 Å². The summed E-state index contributed by atoms with van der Waals surface area (Å²) in [5.41, 5.74) is 2.98. The predicted octanol–water partition coefficient (Wildman–Crippen LogP) is 3.49. The topological polar surface area (TPSA) is 89.7 Å². The Morgan fingerprint density at radius 3 is 2.48 bits per heavy atom. The molecule has 1 saturated heterocycles. The predicted molar refractivity (Wildman–Crippen MR) is 117 cm³/mol. The van der Waals surface area contributed by atoms with Crippen LogP contribution in [0.4, 0.5) is 0 Å². The SMILES string of the molecule is COc1ccc(CN(C(=O)c2cc(-c3ccc(C)cc3)on2)[C@H]2CCS(=O)(=O)C2)cc1. The normalized spacial score (nSPS) is 17.4. The highest BCUT2D eigenvalue weighted by atomic mass is 32.2. The van der Waals surface area contributed by atoms with E-state index in [1.54, 1.807) is 18.1 Å². The number of aryl methyl sites for hydroxylation is 1. The first kappa shape index (κ1) is 21.1. The number of amides is 1. The summed E-state index contributed by atoms with van der Waals surface area (Å²) in [5.74, 6) is 0.894. The fourth-order valence-corrected chi connectivity index (χ4v) is 5.42. The summed E-state index contributed by atoms with van der Waals surface area (Å²) in [4.78, 5) is 14.9. The Labute approximate surface area is 181 Å². The van der Waals surface area contributed by atoms with Crippen molar-refractivity contribution in [1.29, 1.82) is 0 Å². The maximum absolute atomic E-state index is 13.4. The van der Waals surface area contributed by atoms with Crippen molar-refractivity contribution in [2.75, 3.05) is 18.6 Å². The van der Waals surface area contributed by atoms with Crippen molar-refractivity contribution < 1.29 is 22.5 Å². The Kier molecular flexibility index (Phi) is 5.82. The highest BCUT2D eigenvalue weighted by Crippen LogP contribution is 2.25. The van der Waals surface area contributed by atoms with Gasteiger partial charge in [0.2, 0.25) is 0 Å². The zero-order valence-corrected chi connectivity index (χ0v) is 18.3. The van der Waals surface area contributed by atoms with E-state index in [0.717, 1.165) is 16.7 Å². The van der Waals surface area contributed by atoms with Crippen molar-refractivity contribution in [3.63, 3.8) is 0 Å². The zero-order chi connectivity index (χ0) is 22.0. The van der Waals surface area contributed by atoms with E-state index in [1.165, 1.54) is 0 Å². The van der Waals surface area contributed by atoms with Crippen LogP contribution < -0.4 is 4.74 Å². The minimum Gasteiger partial charge on any atom is -0.497 e. The van der Waals surface area contributed by atoms with Gasteiger partial charge in [-0.05, 0) is 31.0 Å². The van der Waals surface area contributed by atoms with E-state index in [9.17, 15) is 13.2 Å². The second kappa shape index (κ2) is 8.55. The van der Waals surface area contributed by atoms with Gasteiger partial charge in [0.25, 0.3) is 5.91 Å². The lowest BCUT2D eigenvalue weighted by Gasteiger charge is -2.27. The van der Waals surface area contributed by atoms with Gasteiger partial charge in [-0.3, -0.25) is 4.79 Å². The number of aromatic nitrogens is 1. The number of carbonyl (C=O) groups excluding carboxylic acids is 1. The number of carbonyl (C=O) groups is 1. The smallest absolute Gasteiger partial charge is 0.276 e. The molecule has 1 aliphatic rings. The molecule has 0 unspecified atom stereocenters. The summed E-state index contributed by atoms with van der Waals surface area (Å²) >= 11 is 0. The van der Waals surface area contributed by atoms with Crippen molar-refractivity contribution in [2.45, 2.75) is 25.9 Å². The third-order valence-corrected chi connectivity index (χ3v) is 7.24. The largest absolute Gasteiger partial charge is 0.497 e. The summed E-state index contributed by atoms with van der Waals surface area (Å²) in [7, 11) is -1.57. The fraction of sp³-hybridized carbons (Fsp3) is 0.304. The summed E-state index contributed by atoms with van der Waals surface area (Å²) in [6.45, 7) is 2.27. The fourth-order valence-electron chi connectivity index (χ4n) is 3.69. The molecule has 0 N–H and O–H groups in total. The van der Waals surface area contributed by atoms with Gasteiger partial charge in [-0.2, -0.15) is 0 Å². The molecule has 2 aromatic carbocycles. The van der Waals surface area contributed by atoms with Crippen LogP contribution in [-0.2, 0) is 16.4 Å². The molecule has 0 aliphatic carbocycles. The monoisotopic (exact) mass is 440 g/mol. The van der Waals surface area contributed by atoms with E-state index < -0.39 is 15.9 Å². The average Bonchev–Trinajstić information content (AvgIpc) is 3.39. The van der Waals surface area contributed by atoms with Gasteiger partial charge in [0.05, 0.1) is 18.6 Å². The molecule has 0 spiro atoms. The van der Waals surface area contributed by atoms with E-state index in [1.807, 2.05) is 55.5 Å². The molecule has 1 fully saturated rings. The number of nitrogens with zero attached hydrogens (tertiary/aromatic N) is 2. The molecule has 0 saturated carbocycles. The van der Waals surface area contributed by atoms with Crippen molar-refractivity contribution in [3.8, 4) is 17.1 Å². The van der Waals surface area contributed by atoms with Crippen molar-refractivity contribution in [3.05, 3.63) is 71.4 Å². The molecule has 31 heavy (non-hydrogen) atoms. The van der Waals surface area contributed by atoms with Crippen LogP contribution in [0.15, 0.2) is 59.1 Å². The van der Waals surface area contributed by atoms with Crippen LogP contribution in [0.2, 0.25) is 0 Å². The number of rotatable bonds is 6. The third-order valence-electron chi connectivity index (χ3n) is 5.49. The van der Waals surface area contributed by atoms with Crippen LogP contribution in [0.1, 0.15) is 28.0 Å². The molecule has 3 aromatic rings. The Morgan fingerprint density at radius 1 is 1.16 bits per heavy atom. The summed E-state index contributed by atoms with van der Waals surface area (Å²) < 4.78 is 34.7. The number of ether oxygens (including phenoxy) is 1. The average molecular weight is 441 g/mol. The van der Waals surface area contributed by atoms with Crippen LogP contribution >= 0.6 is 0 Å². The van der Waals surface area contributed by atoms with Gasteiger partial charge >= 0.3 is 0 Å². The summed E-state index contributed by atoms with van der Waals surface area (Å²) in [6, 6.07) is 16.3. The highest BCUT2D eigenvalue weighted by Gasteiger charge is 2.36. The number of hydrogen-bond donors (Lipinski definition) is 0. The van der Waals surface area contributed by atoms with E-state index in [2.05, 4.69) is 5.16 Å². The van der Waals surface area contributed by atoms with Gasteiger partial charge in [0.1, 0.15) is 5.75 Å². The Morgan fingerprint density at radius 2 is 1.87 bits per heavy atom. The first-order valence-electron chi connectivity index (χ1n) is 10.0. The van der Waals surface area contributed by atoms with Crippen LogP contribution in [0, 0.1) is 6.92 Å². The number of benzene rings is 2. The van der Waals surface area contributed by atoms with Gasteiger partial charge in [-0.15, -0.1) is 0 Å². The first-order chi connectivity index (χ1) is 14.8. The lowest BCUT2D eigenvalue weighted by atomic mass is 10.1. The molecular weight excluding hydrogens is 416 g/mol. The minimum atomic E-state index is -3.16. The van der Waals surface area contributed by atoms with E-state index in [0.29, 0.717) is 17.9 Å². The Hall–Kier alpha value is -3.13. The van der Waals surface area contributed by atoms with Gasteiger partial charge in [-0.25, -0.2) is 8.42 Å². The van der Waals surface area contributed by atoms with Crippen LogP contribution in [0.25, 0.3) is 11.3 Å². The summed E-state index contributed by atoms with van der Waals surface area (Å²) in [6.07, 6.45) is 0.410. The second-order valence-electron chi connectivity index (χ2n) is 7.78.